The zero-order valence-corrected chi connectivity index (χ0v) is 25.5. The van der Waals surface area contributed by atoms with Crippen molar-refractivity contribution in [3.63, 3.8) is 0 Å². The van der Waals surface area contributed by atoms with Gasteiger partial charge in [-0.3, -0.25) is 14.4 Å². The number of rotatable bonds is 13. The first-order valence-corrected chi connectivity index (χ1v) is 15.7. The second-order valence-corrected chi connectivity index (χ2v) is 13.7. The fourth-order valence-electron chi connectivity index (χ4n) is 6.44. The van der Waals surface area contributed by atoms with Gasteiger partial charge < -0.3 is 19.8 Å². The smallest absolute Gasteiger partial charge is 0.251 e. The molecule has 0 radical (unpaired) electrons. The number of anilines is 1. The average molecular weight is 639 g/mol. The van der Waals surface area contributed by atoms with Crippen molar-refractivity contribution in [1.82, 2.24) is 9.80 Å². The Balaban J connectivity index is 1.73. The van der Waals surface area contributed by atoms with E-state index in [0.29, 0.717) is 36.6 Å². The van der Waals surface area contributed by atoms with Gasteiger partial charge in [0, 0.05) is 54.1 Å². The number of alkyl halides is 1. The zero-order valence-electron chi connectivity index (χ0n) is 22.3. The third-order valence-corrected chi connectivity index (χ3v) is 11.6. The number of unbranched alkanes of at least 4 members (excludes halogenated alkanes) is 3. The fourth-order valence-corrected chi connectivity index (χ4v) is 10.2. The number of likely N-dealkylation sites (N-methyl/N-ethyl adjacent to an activating group) is 1. The summed E-state index contributed by atoms with van der Waals surface area (Å²) in [5.74, 6) is -1.42. The molecule has 3 unspecified atom stereocenters. The van der Waals surface area contributed by atoms with E-state index in [9.17, 15) is 14.4 Å². The molecule has 7 nitrogen and oxygen atoms in total. The van der Waals surface area contributed by atoms with Gasteiger partial charge in [-0.1, -0.05) is 52.5 Å². The molecule has 0 aromatic heterocycles. The van der Waals surface area contributed by atoms with Crippen LogP contribution >= 0.6 is 39.3 Å². The van der Waals surface area contributed by atoms with E-state index in [0.717, 1.165) is 19.3 Å². The fraction of sp³-hybridized carbons (Fsp3) is 0.552. The van der Waals surface area contributed by atoms with Crippen molar-refractivity contribution < 1.29 is 19.5 Å². The molecular weight excluding hydrogens is 602 g/mol. The van der Waals surface area contributed by atoms with Crippen LogP contribution in [0.25, 0.3) is 0 Å². The van der Waals surface area contributed by atoms with Crippen LogP contribution in [-0.2, 0) is 14.4 Å². The molecule has 6 atom stereocenters. The van der Waals surface area contributed by atoms with Gasteiger partial charge >= 0.3 is 0 Å². The van der Waals surface area contributed by atoms with Crippen molar-refractivity contribution in [1.29, 1.82) is 0 Å². The van der Waals surface area contributed by atoms with Gasteiger partial charge in [0.2, 0.25) is 11.8 Å². The van der Waals surface area contributed by atoms with E-state index >= 15 is 0 Å². The Hall–Kier alpha value is -1.81. The van der Waals surface area contributed by atoms with Crippen LogP contribution in [0, 0.1) is 11.8 Å². The van der Waals surface area contributed by atoms with Crippen LogP contribution in [-0.4, -0.2) is 86.8 Å². The predicted molar refractivity (Wildman–Crippen MR) is 161 cm³/mol. The lowest BCUT2D eigenvalue weighted by Gasteiger charge is -2.38. The largest absolute Gasteiger partial charge is 0.396 e. The highest BCUT2D eigenvalue weighted by Crippen LogP contribution is 2.68. The van der Waals surface area contributed by atoms with Crippen molar-refractivity contribution in [2.24, 2.45) is 11.8 Å². The normalized spacial score (nSPS) is 28.9. The second kappa shape index (κ2) is 12.8. The number of carbonyl (C=O) groups is 3. The SMILES string of the molecule is C=CCN(C)C(=O)[C@H]1[C@H]2C(=O)N(CCCCCCO)C(C(=O)N(CC=C)c3ccc(Cl)cc3)C23CC(Br)[C@@H]1S3. The number of carbonyl (C=O) groups excluding carboxylic acids is 3. The number of fused-ring (bicyclic) bond motifs is 1. The van der Waals surface area contributed by atoms with Gasteiger partial charge in [-0.15, -0.1) is 24.9 Å². The second-order valence-electron chi connectivity index (χ2n) is 10.6. The molecule has 3 amide bonds. The van der Waals surface area contributed by atoms with Gasteiger partial charge in [0.1, 0.15) is 6.04 Å². The molecule has 3 aliphatic heterocycles. The van der Waals surface area contributed by atoms with E-state index < -0.39 is 22.6 Å². The molecule has 3 saturated heterocycles. The van der Waals surface area contributed by atoms with Crippen molar-refractivity contribution in [3.8, 4) is 0 Å². The van der Waals surface area contributed by atoms with E-state index in [2.05, 4.69) is 29.1 Å². The highest BCUT2D eigenvalue weighted by atomic mass is 79.9. The lowest BCUT2D eigenvalue weighted by atomic mass is 9.70. The Labute approximate surface area is 248 Å². The Bertz CT molecular complexity index is 1100. The first-order valence-electron chi connectivity index (χ1n) is 13.5. The van der Waals surface area contributed by atoms with Crippen LogP contribution in [0.5, 0.6) is 0 Å². The van der Waals surface area contributed by atoms with Gasteiger partial charge in [-0.2, -0.15) is 0 Å². The number of halogens is 2. The Morgan fingerprint density at radius 3 is 2.46 bits per heavy atom. The number of thioether (sulfide) groups is 1. The summed E-state index contributed by atoms with van der Waals surface area (Å²) in [5.41, 5.74) is 0.686. The number of aliphatic hydroxyl groups is 1. The number of hydrogen-bond acceptors (Lipinski definition) is 5. The third kappa shape index (κ3) is 5.56. The van der Waals surface area contributed by atoms with Gasteiger partial charge in [-0.25, -0.2) is 0 Å². The maximum atomic E-state index is 14.5. The number of nitrogens with zero attached hydrogens (tertiary/aromatic N) is 3. The monoisotopic (exact) mass is 637 g/mol. The van der Waals surface area contributed by atoms with Crippen LogP contribution < -0.4 is 4.90 Å². The van der Waals surface area contributed by atoms with E-state index in [-0.39, 0.29) is 41.0 Å². The van der Waals surface area contributed by atoms with Crippen LogP contribution in [0.2, 0.25) is 5.02 Å². The molecule has 10 heteroatoms. The van der Waals surface area contributed by atoms with Gasteiger partial charge in [0.25, 0.3) is 5.91 Å². The summed E-state index contributed by atoms with van der Waals surface area (Å²) in [6, 6.07) is 6.39. The summed E-state index contributed by atoms with van der Waals surface area (Å²) >= 11 is 11.6. The lowest BCUT2D eigenvalue weighted by molar-refractivity contribution is -0.143. The molecule has 1 aromatic rings. The van der Waals surface area contributed by atoms with Crippen LogP contribution in [0.4, 0.5) is 5.69 Å². The zero-order chi connectivity index (χ0) is 28.3. The number of benzene rings is 1. The van der Waals surface area contributed by atoms with E-state index in [1.165, 1.54) is 0 Å². The maximum absolute atomic E-state index is 14.5. The minimum atomic E-state index is -0.709. The van der Waals surface area contributed by atoms with Crippen LogP contribution in [0.1, 0.15) is 32.1 Å². The van der Waals surface area contributed by atoms with E-state index in [1.807, 2.05) is 0 Å². The minimum absolute atomic E-state index is 0.0146. The highest BCUT2D eigenvalue weighted by molar-refractivity contribution is 9.09. The van der Waals surface area contributed by atoms with Crippen LogP contribution in [0.15, 0.2) is 49.6 Å². The molecule has 1 aromatic carbocycles. The summed E-state index contributed by atoms with van der Waals surface area (Å²) in [6.45, 7) is 8.88. The quantitative estimate of drug-likeness (QED) is 0.195. The molecule has 3 fully saturated rings. The van der Waals surface area contributed by atoms with Gasteiger partial charge in [0.15, 0.2) is 0 Å². The molecule has 0 saturated carbocycles. The number of amides is 3. The number of likely N-dealkylation sites (tertiary alicyclic amines) is 1. The molecule has 3 aliphatic rings. The van der Waals surface area contributed by atoms with Crippen molar-refractivity contribution in [2.75, 3.05) is 38.2 Å². The van der Waals surface area contributed by atoms with Crippen LogP contribution in [0.3, 0.4) is 0 Å². The molecule has 0 aliphatic carbocycles. The Kier molecular flexibility index (Phi) is 9.89. The lowest BCUT2D eigenvalue weighted by Crippen LogP contribution is -2.56. The van der Waals surface area contributed by atoms with Crippen molar-refractivity contribution >= 4 is 62.7 Å². The Morgan fingerprint density at radius 1 is 1.15 bits per heavy atom. The summed E-state index contributed by atoms with van der Waals surface area (Å²) in [5, 5.41) is 9.64. The number of hydrogen-bond donors (Lipinski definition) is 1. The molecule has 39 heavy (non-hydrogen) atoms. The standard InChI is InChI=1S/C29H37BrClN3O4S/c1-4-14-32(3)26(36)22-23-27(37)34(16-8-6-7-9-17-35)25(29(23)18-21(30)24(22)39-29)28(38)33(15-5-2)20-12-10-19(31)11-13-20/h4-5,10-13,21-25,35H,1-2,6-9,14-18H2,3H3/t21?,22-,23-,24-,25?,29?/m0/s1. The van der Waals surface area contributed by atoms with Gasteiger partial charge in [0.05, 0.1) is 16.6 Å². The number of aliphatic hydroxyl groups excluding tert-OH is 1. The Morgan fingerprint density at radius 2 is 1.82 bits per heavy atom. The summed E-state index contributed by atoms with van der Waals surface area (Å²) in [7, 11) is 1.74. The van der Waals surface area contributed by atoms with Gasteiger partial charge in [-0.05, 0) is 43.5 Å². The average Bonchev–Trinajstić information content (AvgIpc) is 3.50. The third-order valence-electron chi connectivity index (χ3n) is 8.11. The molecule has 3 heterocycles. The summed E-state index contributed by atoms with van der Waals surface area (Å²) in [4.78, 5) is 47.5. The van der Waals surface area contributed by atoms with E-state index in [1.54, 1.807) is 69.9 Å². The van der Waals surface area contributed by atoms with E-state index in [4.69, 9.17) is 16.7 Å². The molecule has 4 rings (SSSR count). The first-order chi connectivity index (χ1) is 18.7. The molecular formula is C29H37BrClN3O4S. The molecule has 2 bridgehead atoms. The van der Waals surface area contributed by atoms with Crippen molar-refractivity contribution in [3.05, 3.63) is 54.6 Å². The maximum Gasteiger partial charge on any atom is 0.251 e. The topological polar surface area (TPSA) is 81.2 Å². The van der Waals surface area contributed by atoms with Crippen molar-refractivity contribution in [2.45, 2.75) is 53.0 Å². The predicted octanol–water partition coefficient (Wildman–Crippen LogP) is 4.52. The highest BCUT2D eigenvalue weighted by Gasteiger charge is 2.75. The molecule has 1 N–H and O–H groups in total. The minimum Gasteiger partial charge on any atom is -0.396 e. The summed E-state index contributed by atoms with van der Waals surface area (Å²) in [6.07, 6.45) is 7.13. The summed E-state index contributed by atoms with van der Waals surface area (Å²) < 4.78 is -0.709. The molecule has 1 spiro atoms. The first kappa shape index (κ1) is 30.2. The molecule has 212 valence electrons.